The normalized spacial score (nSPS) is 12.7. The van der Waals surface area contributed by atoms with Gasteiger partial charge >= 0.3 is 0 Å². The number of nitrogens with zero attached hydrogens (tertiary/aromatic N) is 2. The smallest absolute Gasteiger partial charge is 0.126 e. The summed E-state index contributed by atoms with van der Waals surface area (Å²) >= 11 is 0. The van der Waals surface area contributed by atoms with Crippen LogP contribution in [0, 0.1) is 12.7 Å². The molecule has 1 unspecified atom stereocenters. The fourth-order valence-corrected chi connectivity index (χ4v) is 1.81. The van der Waals surface area contributed by atoms with Crippen molar-refractivity contribution in [1.29, 1.82) is 0 Å². The van der Waals surface area contributed by atoms with Crippen LogP contribution in [0.25, 0.3) is 0 Å². The van der Waals surface area contributed by atoms with E-state index in [1.54, 1.807) is 19.3 Å². The Kier molecular flexibility index (Phi) is 3.77. The minimum Gasteiger partial charge on any atom is -0.337 e. The van der Waals surface area contributed by atoms with E-state index in [0.717, 1.165) is 11.3 Å². The lowest BCUT2D eigenvalue weighted by atomic mass is 10.1. The number of aromatic nitrogens is 2. The molecule has 0 bridgehead atoms. The van der Waals surface area contributed by atoms with Crippen LogP contribution in [0.5, 0.6) is 0 Å². The van der Waals surface area contributed by atoms with Gasteiger partial charge in [0, 0.05) is 25.8 Å². The lowest BCUT2D eigenvalue weighted by molar-refractivity contribution is 0.550. The molecule has 3 nitrogen and oxygen atoms in total. The first-order chi connectivity index (χ1) is 8.58. The van der Waals surface area contributed by atoms with E-state index in [-0.39, 0.29) is 11.9 Å². The van der Waals surface area contributed by atoms with Gasteiger partial charge in [-0.1, -0.05) is 12.1 Å². The molecule has 1 N–H and O–H groups in total. The van der Waals surface area contributed by atoms with Gasteiger partial charge in [-0.25, -0.2) is 9.37 Å². The summed E-state index contributed by atoms with van der Waals surface area (Å²) in [6.07, 6.45) is 3.60. The van der Waals surface area contributed by atoms with E-state index in [1.165, 1.54) is 0 Å². The Morgan fingerprint density at radius 1 is 1.44 bits per heavy atom. The summed E-state index contributed by atoms with van der Waals surface area (Å²) < 4.78 is 15.4. The van der Waals surface area contributed by atoms with Crippen LogP contribution < -0.4 is 5.32 Å². The zero-order chi connectivity index (χ0) is 13.1. The molecule has 96 valence electrons. The highest BCUT2D eigenvalue weighted by Crippen LogP contribution is 2.16. The molecule has 0 spiro atoms. The van der Waals surface area contributed by atoms with E-state index in [2.05, 4.69) is 10.3 Å². The molecular weight excluding hydrogens is 229 g/mol. The molecule has 1 heterocycles. The molecule has 4 heteroatoms. The Labute approximate surface area is 107 Å². The molecule has 2 aromatic rings. The third kappa shape index (κ3) is 2.76. The highest BCUT2D eigenvalue weighted by Gasteiger charge is 2.08. The van der Waals surface area contributed by atoms with Crippen LogP contribution in [0.15, 0.2) is 30.7 Å². The van der Waals surface area contributed by atoms with E-state index in [9.17, 15) is 4.39 Å². The number of hydrogen-bond donors (Lipinski definition) is 1. The van der Waals surface area contributed by atoms with Crippen LogP contribution >= 0.6 is 0 Å². The maximum Gasteiger partial charge on any atom is 0.126 e. The first kappa shape index (κ1) is 12.8. The second-order valence-electron chi connectivity index (χ2n) is 4.61. The third-order valence-corrected chi connectivity index (χ3v) is 3.20. The molecule has 0 aliphatic carbocycles. The first-order valence-electron chi connectivity index (χ1n) is 6.02. The van der Waals surface area contributed by atoms with Gasteiger partial charge in [0.1, 0.15) is 5.82 Å². The second kappa shape index (κ2) is 5.31. The molecule has 0 amide bonds. The van der Waals surface area contributed by atoms with Crippen molar-refractivity contribution < 1.29 is 4.39 Å². The Morgan fingerprint density at radius 2 is 2.22 bits per heavy atom. The van der Waals surface area contributed by atoms with E-state index < -0.39 is 0 Å². The van der Waals surface area contributed by atoms with Crippen LogP contribution in [0.3, 0.4) is 0 Å². The summed E-state index contributed by atoms with van der Waals surface area (Å²) in [5, 5.41) is 3.36. The van der Waals surface area contributed by atoms with Crippen molar-refractivity contribution in [1.82, 2.24) is 14.9 Å². The Balaban J connectivity index is 2.01. The number of aryl methyl sites for hydroxylation is 2. The molecule has 0 fully saturated rings. The SMILES string of the molecule is Cc1ccc(C(C)NCc2cncn2C)cc1F. The van der Waals surface area contributed by atoms with Crippen LogP contribution in [0.1, 0.15) is 29.8 Å². The van der Waals surface area contributed by atoms with Gasteiger partial charge in [-0.15, -0.1) is 0 Å². The topological polar surface area (TPSA) is 29.9 Å². The average Bonchev–Trinajstić information content (AvgIpc) is 2.75. The molecule has 18 heavy (non-hydrogen) atoms. The Morgan fingerprint density at radius 3 is 2.83 bits per heavy atom. The van der Waals surface area contributed by atoms with Crippen molar-refractivity contribution in [3.8, 4) is 0 Å². The highest BCUT2D eigenvalue weighted by atomic mass is 19.1. The summed E-state index contributed by atoms with van der Waals surface area (Å²) in [7, 11) is 1.96. The summed E-state index contributed by atoms with van der Waals surface area (Å²) in [6.45, 7) is 4.51. The predicted octanol–water partition coefficient (Wildman–Crippen LogP) is 2.72. The maximum absolute atomic E-state index is 13.5. The van der Waals surface area contributed by atoms with Gasteiger partial charge in [0.2, 0.25) is 0 Å². The second-order valence-corrected chi connectivity index (χ2v) is 4.61. The van der Waals surface area contributed by atoms with Crippen molar-refractivity contribution in [3.05, 3.63) is 53.4 Å². The van der Waals surface area contributed by atoms with Crippen molar-refractivity contribution in [2.24, 2.45) is 7.05 Å². The zero-order valence-corrected chi connectivity index (χ0v) is 10.9. The quantitative estimate of drug-likeness (QED) is 0.900. The molecule has 0 aliphatic rings. The Bertz CT molecular complexity index is 534. The third-order valence-electron chi connectivity index (χ3n) is 3.20. The molecule has 0 aliphatic heterocycles. The van der Waals surface area contributed by atoms with Gasteiger partial charge in [0.15, 0.2) is 0 Å². The molecule has 1 aromatic heterocycles. The van der Waals surface area contributed by atoms with Gasteiger partial charge in [0.05, 0.1) is 12.0 Å². The van der Waals surface area contributed by atoms with Crippen molar-refractivity contribution in [3.63, 3.8) is 0 Å². The van der Waals surface area contributed by atoms with Crippen LogP contribution in [0.4, 0.5) is 4.39 Å². The summed E-state index contributed by atoms with van der Waals surface area (Å²) in [4.78, 5) is 4.06. The zero-order valence-electron chi connectivity index (χ0n) is 10.9. The van der Waals surface area contributed by atoms with Gasteiger partial charge in [-0.05, 0) is 31.0 Å². The van der Waals surface area contributed by atoms with Crippen LogP contribution in [-0.2, 0) is 13.6 Å². The predicted molar refractivity (Wildman–Crippen MR) is 69.6 cm³/mol. The summed E-state index contributed by atoms with van der Waals surface area (Å²) in [6, 6.07) is 5.47. The fourth-order valence-electron chi connectivity index (χ4n) is 1.81. The van der Waals surface area contributed by atoms with E-state index in [4.69, 9.17) is 0 Å². The molecule has 0 saturated heterocycles. The molecule has 2 rings (SSSR count). The largest absolute Gasteiger partial charge is 0.337 e. The van der Waals surface area contributed by atoms with E-state index in [1.807, 2.05) is 36.9 Å². The summed E-state index contributed by atoms with van der Waals surface area (Å²) in [5.74, 6) is -0.151. The number of rotatable bonds is 4. The minimum atomic E-state index is -0.151. The number of hydrogen-bond acceptors (Lipinski definition) is 2. The fraction of sp³-hybridized carbons (Fsp3) is 0.357. The number of halogens is 1. The maximum atomic E-state index is 13.5. The average molecular weight is 247 g/mol. The monoisotopic (exact) mass is 247 g/mol. The molecule has 1 atom stereocenters. The van der Waals surface area contributed by atoms with E-state index >= 15 is 0 Å². The molecule has 0 radical (unpaired) electrons. The first-order valence-corrected chi connectivity index (χ1v) is 6.02. The molecule has 0 saturated carbocycles. The van der Waals surface area contributed by atoms with Crippen molar-refractivity contribution in [2.75, 3.05) is 0 Å². The van der Waals surface area contributed by atoms with Gasteiger partial charge in [0.25, 0.3) is 0 Å². The van der Waals surface area contributed by atoms with E-state index in [0.29, 0.717) is 12.1 Å². The minimum absolute atomic E-state index is 0.106. The summed E-state index contributed by atoms with van der Waals surface area (Å²) in [5.41, 5.74) is 2.74. The van der Waals surface area contributed by atoms with Gasteiger partial charge in [-0.3, -0.25) is 0 Å². The number of nitrogens with one attached hydrogen (secondary N) is 1. The highest BCUT2D eigenvalue weighted by molar-refractivity contribution is 5.25. The molecular formula is C14H18FN3. The van der Waals surface area contributed by atoms with Gasteiger partial charge < -0.3 is 9.88 Å². The van der Waals surface area contributed by atoms with Crippen molar-refractivity contribution in [2.45, 2.75) is 26.4 Å². The molecule has 1 aromatic carbocycles. The van der Waals surface area contributed by atoms with Gasteiger partial charge in [-0.2, -0.15) is 0 Å². The number of benzene rings is 1. The van der Waals surface area contributed by atoms with Crippen LogP contribution in [0.2, 0.25) is 0 Å². The number of imidazole rings is 1. The van der Waals surface area contributed by atoms with Crippen molar-refractivity contribution >= 4 is 0 Å². The lowest BCUT2D eigenvalue weighted by Crippen LogP contribution is -2.19. The Hall–Kier alpha value is -1.68. The van der Waals surface area contributed by atoms with Crippen LogP contribution in [-0.4, -0.2) is 9.55 Å². The standard InChI is InChI=1S/C14H18FN3/c1-10-4-5-12(6-14(10)15)11(2)17-8-13-7-16-9-18(13)3/h4-7,9,11,17H,8H2,1-3H3. The lowest BCUT2D eigenvalue weighted by Gasteiger charge is -2.15.